The van der Waals surface area contributed by atoms with Gasteiger partial charge in [-0.1, -0.05) is 68.8 Å². The molecule has 0 fully saturated rings. The monoisotopic (exact) mass is 353 g/mol. The van der Waals surface area contributed by atoms with E-state index in [9.17, 15) is 9.59 Å². The largest absolute Gasteiger partial charge is 0.455 e. The second-order valence-electron chi connectivity index (χ2n) is 6.70. The molecule has 1 N–H and O–H groups in total. The van der Waals surface area contributed by atoms with Gasteiger partial charge >= 0.3 is 5.97 Å². The predicted octanol–water partition coefficient (Wildman–Crippen LogP) is 4.62. The molecule has 4 heteroatoms. The molecule has 1 amide bonds. The standard InChI is InChI=1S/C22H27NO3/c1-5-15(2)20(18-12-7-6-8-13-18)22(25)26-14-19(24)23-21-16(3)10-9-11-17(21)4/h6-13,15,20H,5,14H2,1-4H3,(H,23,24)/t15-,20+/m1/s1. The van der Waals surface area contributed by atoms with Gasteiger partial charge in [-0.3, -0.25) is 9.59 Å². The molecule has 0 aliphatic carbocycles. The Kier molecular flexibility index (Phi) is 6.96. The third-order valence-corrected chi connectivity index (χ3v) is 4.72. The number of benzene rings is 2. The van der Waals surface area contributed by atoms with Crippen LogP contribution < -0.4 is 5.32 Å². The highest BCUT2D eigenvalue weighted by molar-refractivity contribution is 5.94. The molecule has 2 aromatic rings. The zero-order chi connectivity index (χ0) is 19.1. The summed E-state index contributed by atoms with van der Waals surface area (Å²) in [6, 6.07) is 15.4. The molecule has 0 heterocycles. The molecule has 0 spiro atoms. The Balaban J connectivity index is 2.02. The summed E-state index contributed by atoms with van der Waals surface area (Å²) in [5.41, 5.74) is 3.65. The highest BCUT2D eigenvalue weighted by Crippen LogP contribution is 2.28. The Morgan fingerprint density at radius 1 is 1.00 bits per heavy atom. The van der Waals surface area contributed by atoms with Gasteiger partial charge in [0.25, 0.3) is 5.91 Å². The minimum Gasteiger partial charge on any atom is -0.455 e. The zero-order valence-corrected chi connectivity index (χ0v) is 15.9. The van der Waals surface area contributed by atoms with Crippen LogP contribution in [0.5, 0.6) is 0 Å². The lowest BCUT2D eigenvalue weighted by molar-refractivity contribution is -0.150. The molecule has 4 nitrogen and oxygen atoms in total. The maximum absolute atomic E-state index is 12.6. The molecular weight excluding hydrogens is 326 g/mol. The van der Waals surface area contributed by atoms with Crippen LogP contribution in [0.3, 0.4) is 0 Å². The number of hydrogen-bond donors (Lipinski definition) is 1. The molecule has 26 heavy (non-hydrogen) atoms. The molecule has 0 bridgehead atoms. The third kappa shape index (κ3) is 4.94. The lowest BCUT2D eigenvalue weighted by Crippen LogP contribution is -2.27. The van der Waals surface area contributed by atoms with Crippen molar-refractivity contribution in [1.29, 1.82) is 0 Å². The number of esters is 1. The highest BCUT2D eigenvalue weighted by Gasteiger charge is 2.27. The number of rotatable bonds is 7. The van der Waals surface area contributed by atoms with Gasteiger partial charge in [-0.15, -0.1) is 0 Å². The molecule has 2 rings (SSSR count). The molecule has 0 saturated carbocycles. The van der Waals surface area contributed by atoms with Gasteiger partial charge in [-0.05, 0) is 36.5 Å². The van der Waals surface area contributed by atoms with E-state index >= 15 is 0 Å². The summed E-state index contributed by atoms with van der Waals surface area (Å²) in [4.78, 5) is 24.9. The van der Waals surface area contributed by atoms with Gasteiger partial charge in [0.1, 0.15) is 0 Å². The summed E-state index contributed by atoms with van der Waals surface area (Å²) < 4.78 is 5.34. The SMILES string of the molecule is CC[C@@H](C)[C@H](C(=O)OCC(=O)Nc1c(C)cccc1C)c1ccccc1. The maximum Gasteiger partial charge on any atom is 0.314 e. The summed E-state index contributed by atoms with van der Waals surface area (Å²) >= 11 is 0. The molecule has 0 radical (unpaired) electrons. The van der Waals surface area contributed by atoms with Gasteiger partial charge in [0.05, 0.1) is 5.92 Å². The fraction of sp³-hybridized carbons (Fsp3) is 0.364. The van der Waals surface area contributed by atoms with Crippen molar-refractivity contribution in [2.45, 2.75) is 40.0 Å². The van der Waals surface area contributed by atoms with Crippen molar-refractivity contribution in [2.75, 3.05) is 11.9 Å². The van der Waals surface area contributed by atoms with Crippen molar-refractivity contribution in [1.82, 2.24) is 0 Å². The Morgan fingerprint density at radius 3 is 2.19 bits per heavy atom. The summed E-state index contributed by atoms with van der Waals surface area (Å²) in [7, 11) is 0. The number of anilines is 1. The van der Waals surface area contributed by atoms with Crippen LogP contribution in [0.25, 0.3) is 0 Å². The number of ether oxygens (including phenoxy) is 1. The summed E-state index contributed by atoms with van der Waals surface area (Å²) in [6.07, 6.45) is 0.850. The lowest BCUT2D eigenvalue weighted by atomic mass is 9.86. The molecule has 2 aromatic carbocycles. The van der Waals surface area contributed by atoms with Gasteiger partial charge in [0, 0.05) is 5.69 Å². The first-order valence-electron chi connectivity index (χ1n) is 9.01. The van der Waals surface area contributed by atoms with Crippen molar-refractivity contribution in [3.63, 3.8) is 0 Å². The van der Waals surface area contributed by atoms with Crippen LogP contribution in [0.2, 0.25) is 0 Å². The van der Waals surface area contributed by atoms with E-state index in [-0.39, 0.29) is 30.3 Å². The van der Waals surface area contributed by atoms with Crippen LogP contribution in [0, 0.1) is 19.8 Å². The molecule has 0 aromatic heterocycles. The van der Waals surface area contributed by atoms with Crippen molar-refractivity contribution in [3.8, 4) is 0 Å². The van der Waals surface area contributed by atoms with E-state index in [0.29, 0.717) is 0 Å². The highest BCUT2D eigenvalue weighted by atomic mass is 16.5. The van der Waals surface area contributed by atoms with E-state index in [2.05, 4.69) is 5.32 Å². The summed E-state index contributed by atoms with van der Waals surface area (Å²) in [5.74, 6) is -0.922. The summed E-state index contributed by atoms with van der Waals surface area (Å²) in [5, 5.41) is 2.84. The van der Waals surface area contributed by atoms with Crippen LogP contribution in [-0.4, -0.2) is 18.5 Å². The third-order valence-electron chi connectivity index (χ3n) is 4.72. The normalized spacial score (nSPS) is 12.9. The minimum atomic E-state index is -0.366. The van der Waals surface area contributed by atoms with Crippen LogP contribution in [0.15, 0.2) is 48.5 Å². The molecule has 0 unspecified atom stereocenters. The first-order valence-corrected chi connectivity index (χ1v) is 9.01. The van der Waals surface area contributed by atoms with Crippen LogP contribution in [0.1, 0.15) is 42.9 Å². The van der Waals surface area contributed by atoms with Crippen LogP contribution >= 0.6 is 0 Å². The molecular formula is C22H27NO3. The van der Waals surface area contributed by atoms with Gasteiger partial charge in [0.15, 0.2) is 6.61 Å². The molecule has 0 aliphatic rings. The van der Waals surface area contributed by atoms with Crippen molar-refractivity contribution >= 4 is 17.6 Å². The van der Waals surface area contributed by atoms with E-state index < -0.39 is 0 Å². The quantitative estimate of drug-likeness (QED) is 0.739. The Labute approximate surface area is 155 Å². The Bertz CT molecular complexity index is 735. The van der Waals surface area contributed by atoms with E-state index in [4.69, 9.17) is 4.74 Å². The number of para-hydroxylation sites is 1. The second-order valence-corrected chi connectivity index (χ2v) is 6.70. The number of carbonyl (C=O) groups is 2. The average molecular weight is 353 g/mol. The van der Waals surface area contributed by atoms with Gasteiger partial charge in [-0.2, -0.15) is 0 Å². The summed E-state index contributed by atoms with van der Waals surface area (Å²) in [6.45, 7) is 7.65. The van der Waals surface area contributed by atoms with E-state index in [1.807, 2.05) is 76.2 Å². The van der Waals surface area contributed by atoms with E-state index in [1.54, 1.807) is 0 Å². The lowest BCUT2D eigenvalue weighted by Gasteiger charge is -2.22. The fourth-order valence-corrected chi connectivity index (χ4v) is 3.01. The van der Waals surface area contributed by atoms with E-state index in [1.165, 1.54) is 0 Å². The van der Waals surface area contributed by atoms with Gasteiger partial charge in [-0.25, -0.2) is 0 Å². The fourth-order valence-electron chi connectivity index (χ4n) is 3.01. The van der Waals surface area contributed by atoms with E-state index in [0.717, 1.165) is 28.8 Å². The average Bonchev–Trinajstić information content (AvgIpc) is 2.64. The smallest absolute Gasteiger partial charge is 0.314 e. The van der Waals surface area contributed by atoms with Crippen molar-refractivity contribution in [3.05, 3.63) is 65.2 Å². The minimum absolute atomic E-state index is 0.131. The molecule has 0 aliphatic heterocycles. The number of carbonyl (C=O) groups excluding carboxylic acids is 2. The number of aryl methyl sites for hydroxylation is 2. The molecule has 2 atom stereocenters. The van der Waals surface area contributed by atoms with Crippen molar-refractivity contribution < 1.29 is 14.3 Å². The second kappa shape index (κ2) is 9.18. The van der Waals surface area contributed by atoms with Crippen LogP contribution in [-0.2, 0) is 14.3 Å². The van der Waals surface area contributed by atoms with Gasteiger partial charge < -0.3 is 10.1 Å². The topological polar surface area (TPSA) is 55.4 Å². The number of hydrogen-bond acceptors (Lipinski definition) is 3. The Hall–Kier alpha value is -2.62. The molecule has 0 saturated heterocycles. The Morgan fingerprint density at radius 2 is 1.62 bits per heavy atom. The number of nitrogens with one attached hydrogen (secondary N) is 1. The predicted molar refractivity (Wildman–Crippen MR) is 104 cm³/mol. The van der Waals surface area contributed by atoms with Crippen LogP contribution in [0.4, 0.5) is 5.69 Å². The van der Waals surface area contributed by atoms with Gasteiger partial charge in [0.2, 0.25) is 0 Å². The zero-order valence-electron chi connectivity index (χ0n) is 15.9. The first kappa shape index (κ1) is 19.7. The maximum atomic E-state index is 12.6. The first-order chi connectivity index (χ1) is 12.4. The number of amides is 1. The van der Waals surface area contributed by atoms with Crippen molar-refractivity contribution in [2.24, 2.45) is 5.92 Å². The molecule has 138 valence electrons.